The van der Waals surface area contributed by atoms with Crippen molar-refractivity contribution < 1.29 is 13.6 Å². The molecule has 0 aliphatic rings. The Morgan fingerprint density at radius 1 is 1.35 bits per heavy atom. The minimum absolute atomic E-state index is 0.00261. The van der Waals surface area contributed by atoms with Crippen LogP contribution in [-0.4, -0.2) is 21.5 Å². The van der Waals surface area contributed by atoms with E-state index in [0.29, 0.717) is 21.1 Å². The molecule has 0 radical (unpaired) electrons. The van der Waals surface area contributed by atoms with E-state index in [-0.39, 0.29) is 11.5 Å². The molecular weight excluding hydrogens is 302 g/mol. The number of carbonyl (C=O) groups is 1. The summed E-state index contributed by atoms with van der Waals surface area (Å²) in [5.41, 5.74) is 0.755. The molecule has 7 heteroatoms. The molecule has 0 aliphatic heterocycles. The first kappa shape index (κ1) is 13.3. The molecule has 3 rings (SSSR count). The third-order valence-electron chi connectivity index (χ3n) is 2.64. The molecule has 0 saturated carbocycles. The van der Waals surface area contributed by atoms with Gasteiger partial charge in [-0.1, -0.05) is 17.8 Å². The van der Waals surface area contributed by atoms with Crippen molar-refractivity contribution in [2.75, 3.05) is 5.75 Å². The predicted molar refractivity (Wildman–Crippen MR) is 75.4 cm³/mol. The van der Waals surface area contributed by atoms with Crippen molar-refractivity contribution in [1.82, 2.24) is 9.97 Å². The number of benzene rings is 1. The predicted octanol–water partition coefficient (Wildman–Crippen LogP) is 3.88. The third-order valence-corrected chi connectivity index (χ3v) is 4.42. The number of aromatic amines is 1. The van der Waals surface area contributed by atoms with Gasteiger partial charge in [0.15, 0.2) is 22.6 Å². The van der Waals surface area contributed by atoms with Gasteiger partial charge in [-0.3, -0.25) is 4.79 Å². The Kier molecular flexibility index (Phi) is 3.54. The van der Waals surface area contributed by atoms with Crippen molar-refractivity contribution >= 4 is 39.9 Å². The Labute approximate surface area is 121 Å². The zero-order valence-electron chi connectivity index (χ0n) is 10.0. The second-order valence-corrected chi connectivity index (χ2v) is 5.93. The molecule has 3 aromatic rings. The van der Waals surface area contributed by atoms with Crippen molar-refractivity contribution in [3.63, 3.8) is 0 Å². The molecule has 2 heterocycles. The van der Waals surface area contributed by atoms with E-state index in [4.69, 9.17) is 0 Å². The summed E-state index contributed by atoms with van der Waals surface area (Å²) in [7, 11) is 0. The Bertz CT molecular complexity index is 729. The van der Waals surface area contributed by atoms with E-state index >= 15 is 0 Å². The van der Waals surface area contributed by atoms with Gasteiger partial charge in [-0.25, -0.2) is 13.8 Å². The Hall–Kier alpha value is -1.73. The van der Waals surface area contributed by atoms with E-state index < -0.39 is 11.6 Å². The molecule has 0 spiro atoms. The molecule has 1 aromatic carbocycles. The first-order valence-corrected chi connectivity index (χ1v) is 7.54. The van der Waals surface area contributed by atoms with Crippen LogP contribution in [0.4, 0.5) is 8.78 Å². The van der Waals surface area contributed by atoms with Crippen molar-refractivity contribution in [1.29, 1.82) is 0 Å². The number of thiophene rings is 1. The maximum absolute atomic E-state index is 13.1. The van der Waals surface area contributed by atoms with E-state index in [1.807, 2.05) is 11.4 Å². The van der Waals surface area contributed by atoms with Gasteiger partial charge < -0.3 is 4.98 Å². The zero-order valence-corrected chi connectivity index (χ0v) is 11.7. The number of aromatic nitrogens is 2. The number of hydrogen-bond acceptors (Lipinski definition) is 4. The van der Waals surface area contributed by atoms with Gasteiger partial charge in [0.1, 0.15) is 0 Å². The van der Waals surface area contributed by atoms with Crippen LogP contribution in [0.3, 0.4) is 0 Å². The molecule has 2 aromatic heterocycles. The van der Waals surface area contributed by atoms with Crippen molar-refractivity contribution in [3.8, 4) is 0 Å². The quantitative estimate of drug-likeness (QED) is 0.587. The minimum Gasteiger partial charge on any atom is -0.333 e. The van der Waals surface area contributed by atoms with Gasteiger partial charge in [0, 0.05) is 12.1 Å². The number of nitrogens with zero attached hydrogens (tertiary/aromatic N) is 1. The SMILES string of the molecule is O=C(CSc1nc2cc(F)c(F)cc2[nH]1)c1cccs1. The number of H-pyrrole nitrogens is 1. The summed E-state index contributed by atoms with van der Waals surface area (Å²) in [6.07, 6.45) is 0. The number of rotatable bonds is 4. The molecular formula is C13H8F2N2OS2. The number of carbonyl (C=O) groups excluding carboxylic acids is 1. The molecule has 0 amide bonds. The molecule has 102 valence electrons. The minimum atomic E-state index is -0.935. The lowest BCUT2D eigenvalue weighted by Crippen LogP contribution is -1.99. The normalized spacial score (nSPS) is 11.1. The lowest BCUT2D eigenvalue weighted by atomic mass is 10.3. The van der Waals surface area contributed by atoms with Gasteiger partial charge in [0.2, 0.25) is 0 Å². The highest BCUT2D eigenvalue weighted by molar-refractivity contribution is 7.99. The molecule has 0 aliphatic carbocycles. The van der Waals surface area contributed by atoms with Crippen LogP contribution in [0.1, 0.15) is 9.67 Å². The van der Waals surface area contributed by atoms with E-state index in [9.17, 15) is 13.6 Å². The zero-order chi connectivity index (χ0) is 14.1. The number of Topliss-reactive ketones (excluding diaryl/α,β-unsaturated/α-hetero) is 1. The summed E-state index contributed by atoms with van der Waals surface area (Å²) in [5.74, 6) is -1.63. The summed E-state index contributed by atoms with van der Waals surface area (Å²) in [6.45, 7) is 0. The van der Waals surface area contributed by atoms with Crippen molar-refractivity contribution in [2.24, 2.45) is 0 Å². The number of thioether (sulfide) groups is 1. The molecule has 3 nitrogen and oxygen atoms in total. The smallest absolute Gasteiger partial charge is 0.183 e. The summed E-state index contributed by atoms with van der Waals surface area (Å²) < 4.78 is 26.1. The third kappa shape index (κ3) is 2.59. The van der Waals surface area contributed by atoms with Gasteiger partial charge in [-0.05, 0) is 11.4 Å². The van der Waals surface area contributed by atoms with Crippen molar-refractivity contribution in [3.05, 3.63) is 46.2 Å². The van der Waals surface area contributed by atoms with Crippen LogP contribution in [0.15, 0.2) is 34.8 Å². The Morgan fingerprint density at radius 3 is 2.90 bits per heavy atom. The largest absolute Gasteiger partial charge is 0.333 e. The fourth-order valence-electron chi connectivity index (χ4n) is 1.69. The lowest BCUT2D eigenvalue weighted by Gasteiger charge is -1.95. The number of ketones is 1. The topological polar surface area (TPSA) is 45.8 Å². The molecule has 1 N–H and O–H groups in total. The standard InChI is InChI=1S/C13H8F2N2OS2/c14-7-4-9-10(5-8(7)15)17-13(16-9)20-6-11(18)12-2-1-3-19-12/h1-5H,6H2,(H,16,17). The second kappa shape index (κ2) is 5.34. The van der Waals surface area contributed by atoms with Crippen LogP contribution in [0.5, 0.6) is 0 Å². The maximum atomic E-state index is 13.1. The molecule has 0 unspecified atom stereocenters. The summed E-state index contributed by atoms with van der Waals surface area (Å²) in [5, 5.41) is 2.31. The van der Waals surface area contributed by atoms with Gasteiger partial charge >= 0.3 is 0 Å². The molecule has 0 fully saturated rings. The second-order valence-electron chi connectivity index (χ2n) is 4.01. The Balaban J connectivity index is 1.76. The van der Waals surface area contributed by atoms with E-state index in [1.54, 1.807) is 6.07 Å². The first-order valence-electron chi connectivity index (χ1n) is 5.68. The highest BCUT2D eigenvalue weighted by Gasteiger charge is 2.12. The summed E-state index contributed by atoms with van der Waals surface area (Å²) in [4.78, 5) is 19.5. The van der Waals surface area contributed by atoms with Gasteiger partial charge in [-0.15, -0.1) is 11.3 Å². The van der Waals surface area contributed by atoms with Crippen LogP contribution >= 0.6 is 23.1 Å². The highest BCUT2D eigenvalue weighted by Crippen LogP contribution is 2.23. The van der Waals surface area contributed by atoms with E-state index in [0.717, 1.165) is 12.1 Å². The molecule has 20 heavy (non-hydrogen) atoms. The van der Waals surface area contributed by atoms with Crippen LogP contribution in [0.2, 0.25) is 0 Å². The number of imidazole rings is 1. The van der Waals surface area contributed by atoms with Gasteiger partial charge in [-0.2, -0.15) is 0 Å². The molecule has 0 atom stereocenters. The van der Waals surface area contributed by atoms with Crippen LogP contribution < -0.4 is 0 Å². The summed E-state index contributed by atoms with van der Waals surface area (Å²) >= 11 is 2.59. The number of hydrogen-bond donors (Lipinski definition) is 1. The number of nitrogens with one attached hydrogen (secondary N) is 1. The van der Waals surface area contributed by atoms with E-state index in [1.165, 1.54) is 23.1 Å². The lowest BCUT2D eigenvalue weighted by molar-refractivity contribution is 0.102. The maximum Gasteiger partial charge on any atom is 0.183 e. The Morgan fingerprint density at radius 2 is 2.15 bits per heavy atom. The average Bonchev–Trinajstić information content (AvgIpc) is 3.05. The number of fused-ring (bicyclic) bond motifs is 1. The highest BCUT2D eigenvalue weighted by atomic mass is 32.2. The monoisotopic (exact) mass is 310 g/mol. The van der Waals surface area contributed by atoms with Crippen LogP contribution in [-0.2, 0) is 0 Å². The molecule has 0 bridgehead atoms. The first-order chi connectivity index (χ1) is 9.63. The van der Waals surface area contributed by atoms with Crippen molar-refractivity contribution in [2.45, 2.75) is 5.16 Å². The van der Waals surface area contributed by atoms with E-state index in [2.05, 4.69) is 9.97 Å². The van der Waals surface area contributed by atoms with Gasteiger partial charge in [0.25, 0.3) is 0 Å². The fraction of sp³-hybridized carbons (Fsp3) is 0.0769. The fourth-order valence-corrected chi connectivity index (χ4v) is 3.22. The average molecular weight is 310 g/mol. The van der Waals surface area contributed by atoms with Gasteiger partial charge in [0.05, 0.1) is 21.7 Å². The van der Waals surface area contributed by atoms with Crippen LogP contribution in [0.25, 0.3) is 11.0 Å². The summed E-state index contributed by atoms with van der Waals surface area (Å²) in [6, 6.07) is 5.67. The van der Waals surface area contributed by atoms with Crippen LogP contribution in [0, 0.1) is 11.6 Å². The number of halogens is 2. The molecule has 0 saturated heterocycles.